The standard InChI is InChI=1S/C19H24N2O3S2.ClH/c20-13-16(14-7-3-1-4-8-14)21-19(22)17-11-12-18(25-17)26(23,24)15-9-5-2-6-10-15;/h2,5-6,9-12,14,16H,1,3-4,7-8,13,20H2,(H,21,22);1H. The van der Waals surface area contributed by atoms with E-state index in [0.29, 0.717) is 17.3 Å². The Hall–Kier alpha value is -1.41. The van der Waals surface area contributed by atoms with E-state index in [4.69, 9.17) is 5.73 Å². The lowest BCUT2D eigenvalue weighted by molar-refractivity contribution is 0.0919. The SMILES string of the molecule is Cl.NCC(NC(=O)c1ccc(S(=O)(=O)c2ccccc2)s1)C1CCCCC1. The third kappa shape index (κ3) is 5.10. The van der Waals surface area contributed by atoms with E-state index in [9.17, 15) is 13.2 Å². The van der Waals surface area contributed by atoms with Gasteiger partial charge in [-0.15, -0.1) is 23.7 Å². The number of rotatable bonds is 6. The Morgan fingerprint density at radius 3 is 2.41 bits per heavy atom. The van der Waals surface area contributed by atoms with Crippen LogP contribution in [0.1, 0.15) is 41.8 Å². The van der Waals surface area contributed by atoms with Crippen molar-refractivity contribution in [2.75, 3.05) is 6.54 Å². The molecule has 1 fully saturated rings. The first-order valence-corrected chi connectivity index (χ1v) is 11.2. The molecular weight excluding hydrogens is 404 g/mol. The number of hydrogen-bond donors (Lipinski definition) is 2. The highest BCUT2D eigenvalue weighted by Crippen LogP contribution is 2.29. The molecule has 1 aromatic carbocycles. The van der Waals surface area contributed by atoms with Gasteiger partial charge in [-0.25, -0.2) is 8.42 Å². The summed E-state index contributed by atoms with van der Waals surface area (Å²) in [6.07, 6.45) is 5.76. The number of benzene rings is 1. The molecule has 0 radical (unpaired) electrons. The maximum Gasteiger partial charge on any atom is 0.261 e. The highest BCUT2D eigenvalue weighted by Gasteiger charge is 2.26. The van der Waals surface area contributed by atoms with Crippen LogP contribution in [-0.4, -0.2) is 26.9 Å². The highest BCUT2D eigenvalue weighted by molar-refractivity contribution is 7.93. The fraction of sp³-hybridized carbons (Fsp3) is 0.421. The summed E-state index contributed by atoms with van der Waals surface area (Å²) in [5.74, 6) is 0.163. The molecule has 3 rings (SSSR count). The molecule has 1 aliphatic carbocycles. The average Bonchev–Trinajstić information content (AvgIpc) is 3.18. The van der Waals surface area contributed by atoms with Crippen molar-refractivity contribution >= 4 is 39.5 Å². The van der Waals surface area contributed by atoms with E-state index in [1.54, 1.807) is 36.4 Å². The van der Waals surface area contributed by atoms with Crippen molar-refractivity contribution in [3.8, 4) is 0 Å². The number of halogens is 1. The summed E-state index contributed by atoms with van der Waals surface area (Å²) < 4.78 is 25.5. The molecule has 1 atom stereocenters. The Balaban J connectivity index is 0.00000261. The summed E-state index contributed by atoms with van der Waals surface area (Å²) in [6.45, 7) is 0.400. The van der Waals surface area contributed by atoms with Gasteiger partial charge >= 0.3 is 0 Å². The molecular formula is C19H25ClN2O3S2. The van der Waals surface area contributed by atoms with Crippen molar-refractivity contribution in [2.45, 2.75) is 47.3 Å². The number of carbonyl (C=O) groups excluding carboxylic acids is 1. The van der Waals surface area contributed by atoms with Crippen molar-refractivity contribution < 1.29 is 13.2 Å². The highest BCUT2D eigenvalue weighted by atomic mass is 35.5. The molecule has 0 bridgehead atoms. The Labute approximate surface area is 170 Å². The number of hydrogen-bond acceptors (Lipinski definition) is 5. The number of nitrogens with two attached hydrogens (primary N) is 1. The van der Waals surface area contributed by atoms with Gasteiger partial charge in [0, 0.05) is 12.6 Å². The lowest BCUT2D eigenvalue weighted by Gasteiger charge is -2.29. The number of nitrogens with one attached hydrogen (secondary N) is 1. The largest absolute Gasteiger partial charge is 0.347 e. The summed E-state index contributed by atoms with van der Waals surface area (Å²) in [5.41, 5.74) is 5.87. The van der Waals surface area contributed by atoms with Crippen LogP contribution < -0.4 is 11.1 Å². The zero-order chi connectivity index (χ0) is 18.6. The Morgan fingerprint density at radius 1 is 1.11 bits per heavy atom. The van der Waals surface area contributed by atoms with Crippen LogP contribution in [0.5, 0.6) is 0 Å². The maximum absolute atomic E-state index is 12.7. The van der Waals surface area contributed by atoms with Crippen LogP contribution in [0.2, 0.25) is 0 Å². The first-order valence-electron chi connectivity index (χ1n) is 8.93. The first kappa shape index (κ1) is 21.9. The lowest BCUT2D eigenvalue weighted by Crippen LogP contribution is -2.45. The van der Waals surface area contributed by atoms with Crippen molar-refractivity contribution in [2.24, 2.45) is 11.7 Å². The minimum atomic E-state index is -3.59. The summed E-state index contributed by atoms with van der Waals surface area (Å²) >= 11 is 1.00. The van der Waals surface area contributed by atoms with E-state index in [1.165, 1.54) is 25.3 Å². The number of amides is 1. The van der Waals surface area contributed by atoms with Crippen LogP contribution in [0.25, 0.3) is 0 Å². The zero-order valence-corrected chi connectivity index (χ0v) is 17.4. The second-order valence-corrected chi connectivity index (χ2v) is 9.91. The molecule has 5 nitrogen and oxygen atoms in total. The molecule has 1 aliphatic rings. The molecule has 1 amide bonds. The lowest BCUT2D eigenvalue weighted by atomic mass is 9.84. The van der Waals surface area contributed by atoms with E-state index in [2.05, 4.69) is 5.32 Å². The summed E-state index contributed by atoms with van der Waals surface area (Å²) in [7, 11) is -3.59. The average molecular weight is 429 g/mol. The van der Waals surface area contributed by atoms with Crippen molar-refractivity contribution in [3.05, 3.63) is 47.3 Å². The second-order valence-electron chi connectivity index (χ2n) is 6.65. The molecule has 1 unspecified atom stereocenters. The fourth-order valence-corrected chi connectivity index (χ4v) is 6.08. The van der Waals surface area contributed by atoms with E-state index < -0.39 is 9.84 Å². The van der Waals surface area contributed by atoms with Crippen molar-refractivity contribution in [3.63, 3.8) is 0 Å². The fourth-order valence-electron chi connectivity index (χ4n) is 3.45. The van der Waals surface area contributed by atoms with Gasteiger partial charge in [0.15, 0.2) is 0 Å². The molecule has 2 aromatic rings. The summed E-state index contributed by atoms with van der Waals surface area (Å²) in [5, 5.41) is 3.01. The molecule has 27 heavy (non-hydrogen) atoms. The Bertz CT molecular complexity index is 847. The van der Waals surface area contributed by atoms with Crippen molar-refractivity contribution in [1.82, 2.24) is 5.32 Å². The van der Waals surface area contributed by atoms with Gasteiger partial charge in [-0.2, -0.15) is 0 Å². The van der Waals surface area contributed by atoms with E-state index in [0.717, 1.165) is 24.2 Å². The Kier molecular flexibility index (Phi) is 7.85. The summed E-state index contributed by atoms with van der Waals surface area (Å²) in [6, 6.07) is 11.3. The molecule has 1 heterocycles. The van der Waals surface area contributed by atoms with Gasteiger partial charge in [0.05, 0.1) is 9.77 Å². The van der Waals surface area contributed by atoms with Crippen LogP contribution in [0.15, 0.2) is 51.6 Å². The number of carbonyl (C=O) groups is 1. The molecule has 1 aromatic heterocycles. The zero-order valence-electron chi connectivity index (χ0n) is 15.0. The third-order valence-corrected chi connectivity index (χ3v) is 8.26. The van der Waals surface area contributed by atoms with E-state index in [-0.39, 0.29) is 33.5 Å². The third-order valence-electron chi connectivity index (χ3n) is 4.91. The van der Waals surface area contributed by atoms with Crippen LogP contribution in [0.4, 0.5) is 0 Å². The normalized spacial score (nSPS) is 16.3. The van der Waals surface area contributed by atoms with Gasteiger partial charge in [0.1, 0.15) is 4.21 Å². The van der Waals surface area contributed by atoms with Crippen molar-refractivity contribution in [1.29, 1.82) is 0 Å². The monoisotopic (exact) mass is 428 g/mol. The second kappa shape index (κ2) is 9.68. The van der Waals surface area contributed by atoms with Gasteiger partial charge in [-0.1, -0.05) is 37.5 Å². The molecule has 148 valence electrons. The van der Waals surface area contributed by atoms with Crippen LogP contribution in [-0.2, 0) is 9.84 Å². The van der Waals surface area contributed by atoms with Crippen LogP contribution in [0.3, 0.4) is 0 Å². The van der Waals surface area contributed by atoms with Gasteiger partial charge in [0.2, 0.25) is 9.84 Å². The number of thiophene rings is 1. The number of sulfone groups is 1. The molecule has 0 aliphatic heterocycles. The topological polar surface area (TPSA) is 89.3 Å². The van der Waals surface area contributed by atoms with Crippen LogP contribution in [0, 0.1) is 5.92 Å². The quantitative estimate of drug-likeness (QED) is 0.734. The molecule has 0 saturated heterocycles. The minimum absolute atomic E-state index is 0. The molecule has 0 spiro atoms. The van der Waals surface area contributed by atoms with Gasteiger partial charge in [-0.05, 0) is 43.0 Å². The van der Waals surface area contributed by atoms with Gasteiger partial charge < -0.3 is 11.1 Å². The van der Waals surface area contributed by atoms with Gasteiger partial charge in [-0.3, -0.25) is 4.79 Å². The van der Waals surface area contributed by atoms with E-state index >= 15 is 0 Å². The maximum atomic E-state index is 12.7. The molecule has 1 saturated carbocycles. The first-order chi connectivity index (χ1) is 12.5. The van der Waals surface area contributed by atoms with Crippen LogP contribution >= 0.6 is 23.7 Å². The predicted octanol–water partition coefficient (Wildman–Crippen LogP) is 3.64. The molecule has 8 heteroatoms. The molecule has 3 N–H and O–H groups in total. The minimum Gasteiger partial charge on any atom is -0.347 e. The Morgan fingerprint density at radius 2 is 1.78 bits per heavy atom. The summed E-state index contributed by atoms with van der Waals surface area (Å²) in [4.78, 5) is 13.2. The predicted molar refractivity (Wildman–Crippen MR) is 110 cm³/mol. The van der Waals surface area contributed by atoms with E-state index in [1.807, 2.05) is 0 Å². The smallest absolute Gasteiger partial charge is 0.261 e. The van der Waals surface area contributed by atoms with Gasteiger partial charge in [0.25, 0.3) is 5.91 Å².